The zero-order chi connectivity index (χ0) is 24.1. The third-order valence-electron chi connectivity index (χ3n) is 6.27. The van der Waals surface area contributed by atoms with Crippen molar-refractivity contribution in [2.24, 2.45) is 5.92 Å². The molecule has 0 aliphatic carbocycles. The second-order valence-electron chi connectivity index (χ2n) is 9.69. The van der Waals surface area contributed by atoms with Crippen molar-refractivity contribution < 1.29 is 4.74 Å². The number of ether oxygens (including phenoxy) is 1. The molecule has 34 heavy (non-hydrogen) atoms. The summed E-state index contributed by atoms with van der Waals surface area (Å²) in [6, 6.07) is 3.11. The van der Waals surface area contributed by atoms with Crippen LogP contribution in [0.3, 0.4) is 0 Å². The summed E-state index contributed by atoms with van der Waals surface area (Å²) in [5.74, 6) is 2.09. The highest BCUT2D eigenvalue weighted by Crippen LogP contribution is 2.24. The number of nitrogens with zero attached hydrogens (tertiary/aromatic N) is 6. The third kappa shape index (κ3) is 5.75. The second kappa shape index (κ2) is 11.0. The molecule has 0 amide bonds. The number of hydrogen-bond acceptors (Lipinski definition) is 8. The van der Waals surface area contributed by atoms with Crippen molar-refractivity contribution in [2.45, 2.75) is 65.8 Å². The monoisotopic (exact) mass is 466 g/mol. The van der Waals surface area contributed by atoms with Gasteiger partial charge in [0.1, 0.15) is 5.82 Å². The van der Waals surface area contributed by atoms with Crippen LogP contribution in [0.1, 0.15) is 63.3 Å². The van der Waals surface area contributed by atoms with Crippen LogP contribution in [-0.4, -0.2) is 56.8 Å². The van der Waals surface area contributed by atoms with E-state index < -0.39 is 0 Å². The normalized spacial score (nSPS) is 14.9. The van der Waals surface area contributed by atoms with Gasteiger partial charge in [0.25, 0.3) is 0 Å². The van der Waals surface area contributed by atoms with Gasteiger partial charge in [-0.1, -0.05) is 33.3 Å². The number of nitrogens with two attached hydrogens (primary N) is 1. The minimum absolute atomic E-state index is 0.286. The van der Waals surface area contributed by atoms with Gasteiger partial charge in [0.05, 0.1) is 18.5 Å². The van der Waals surface area contributed by atoms with Crippen molar-refractivity contribution in [3.63, 3.8) is 0 Å². The first-order valence-electron chi connectivity index (χ1n) is 12.5. The Morgan fingerprint density at radius 1 is 1.21 bits per heavy atom. The number of pyridine rings is 1. The third-order valence-corrected chi connectivity index (χ3v) is 6.27. The van der Waals surface area contributed by atoms with Crippen molar-refractivity contribution in [3.05, 3.63) is 35.3 Å². The van der Waals surface area contributed by atoms with Gasteiger partial charge in [-0.3, -0.25) is 0 Å². The van der Waals surface area contributed by atoms with E-state index in [0.717, 1.165) is 62.4 Å². The van der Waals surface area contributed by atoms with E-state index in [0.29, 0.717) is 36.5 Å². The Labute approximate surface area is 202 Å². The zero-order valence-corrected chi connectivity index (χ0v) is 20.9. The summed E-state index contributed by atoms with van der Waals surface area (Å²) < 4.78 is 7.41. The molecule has 1 aliphatic heterocycles. The molecule has 3 aromatic rings. The standard InChI is InChI=1S/C25H38N8O/c1-5-6-11-34-25-30-22(26)24-29-16-21(33(24)31-25)13-19-12-18(4)23(28-15-19)32-9-7-20(8-10-32)27-14-17(2)3/h12,15-17,20,27H,5-11,13-14H2,1-4H3,(H2,26,30,31). The lowest BCUT2D eigenvalue weighted by atomic mass is 10.0. The van der Waals surface area contributed by atoms with E-state index in [1.54, 1.807) is 10.7 Å². The van der Waals surface area contributed by atoms with E-state index in [1.165, 1.54) is 5.56 Å². The molecule has 184 valence electrons. The van der Waals surface area contributed by atoms with E-state index >= 15 is 0 Å². The van der Waals surface area contributed by atoms with E-state index in [9.17, 15) is 0 Å². The Balaban J connectivity index is 1.43. The van der Waals surface area contributed by atoms with Gasteiger partial charge in [-0.2, -0.15) is 4.98 Å². The summed E-state index contributed by atoms with van der Waals surface area (Å²) in [6.45, 7) is 12.5. The largest absolute Gasteiger partial charge is 0.462 e. The van der Waals surface area contributed by atoms with Crippen molar-refractivity contribution >= 4 is 17.3 Å². The molecule has 0 aromatic carbocycles. The summed E-state index contributed by atoms with van der Waals surface area (Å²) in [5.41, 5.74) is 9.88. The first kappa shape index (κ1) is 24.2. The predicted octanol–water partition coefficient (Wildman–Crippen LogP) is 3.39. The SMILES string of the molecule is CCCCOc1nc(N)c2ncc(Cc3cnc(N4CCC(NCC(C)C)CC4)c(C)c3)n2n1. The van der Waals surface area contributed by atoms with Crippen LogP contribution < -0.4 is 20.7 Å². The summed E-state index contributed by atoms with van der Waals surface area (Å²) in [7, 11) is 0. The molecule has 4 heterocycles. The topological polar surface area (TPSA) is 106 Å². The van der Waals surface area contributed by atoms with Gasteiger partial charge in [-0.15, -0.1) is 5.10 Å². The average Bonchev–Trinajstić information content (AvgIpc) is 3.21. The highest BCUT2D eigenvalue weighted by Gasteiger charge is 2.21. The predicted molar refractivity (Wildman–Crippen MR) is 135 cm³/mol. The lowest BCUT2D eigenvalue weighted by Gasteiger charge is -2.34. The maximum absolute atomic E-state index is 6.10. The Morgan fingerprint density at radius 2 is 2.00 bits per heavy atom. The zero-order valence-electron chi connectivity index (χ0n) is 20.9. The van der Waals surface area contributed by atoms with Gasteiger partial charge in [-0.25, -0.2) is 14.5 Å². The molecule has 0 unspecified atom stereocenters. The summed E-state index contributed by atoms with van der Waals surface area (Å²) in [4.78, 5) is 15.9. The van der Waals surface area contributed by atoms with Crippen LogP contribution in [0.4, 0.5) is 11.6 Å². The van der Waals surface area contributed by atoms with E-state index in [1.807, 2.05) is 6.20 Å². The Hall–Kier alpha value is -2.94. The minimum atomic E-state index is 0.286. The molecule has 0 atom stereocenters. The van der Waals surface area contributed by atoms with Gasteiger partial charge in [0.15, 0.2) is 11.5 Å². The second-order valence-corrected chi connectivity index (χ2v) is 9.69. The maximum Gasteiger partial charge on any atom is 0.336 e. The number of piperidine rings is 1. The van der Waals surface area contributed by atoms with Crippen LogP contribution in [0.15, 0.2) is 18.5 Å². The number of nitrogen functional groups attached to an aromatic ring is 1. The van der Waals surface area contributed by atoms with E-state index in [4.69, 9.17) is 15.5 Å². The lowest BCUT2D eigenvalue weighted by Crippen LogP contribution is -2.44. The van der Waals surface area contributed by atoms with Crippen molar-refractivity contribution in [1.82, 2.24) is 29.9 Å². The molecule has 1 aliphatic rings. The summed E-state index contributed by atoms with van der Waals surface area (Å²) >= 11 is 0. The van der Waals surface area contributed by atoms with Crippen LogP contribution in [0.5, 0.6) is 6.01 Å². The molecular weight excluding hydrogens is 428 g/mol. The van der Waals surface area contributed by atoms with Gasteiger partial charge in [0.2, 0.25) is 0 Å². The van der Waals surface area contributed by atoms with Crippen molar-refractivity contribution in [3.8, 4) is 6.01 Å². The molecule has 0 saturated carbocycles. The summed E-state index contributed by atoms with van der Waals surface area (Å²) in [5, 5.41) is 8.21. The lowest BCUT2D eigenvalue weighted by molar-refractivity contribution is 0.280. The van der Waals surface area contributed by atoms with Crippen LogP contribution in [0.25, 0.3) is 5.65 Å². The molecule has 0 bridgehead atoms. The number of aryl methyl sites for hydroxylation is 1. The molecule has 9 heteroatoms. The quantitative estimate of drug-likeness (QED) is 0.438. The fourth-order valence-corrected chi connectivity index (χ4v) is 4.38. The molecular formula is C25H38N8O. The van der Waals surface area contributed by atoms with Crippen LogP contribution >= 0.6 is 0 Å². The van der Waals surface area contributed by atoms with Gasteiger partial charge < -0.3 is 20.7 Å². The summed E-state index contributed by atoms with van der Waals surface area (Å²) in [6.07, 6.45) is 8.72. The Bertz CT molecular complexity index is 1090. The fraction of sp³-hybridized carbons (Fsp3) is 0.600. The van der Waals surface area contributed by atoms with Gasteiger partial charge in [-0.05, 0) is 49.8 Å². The van der Waals surface area contributed by atoms with E-state index in [-0.39, 0.29) is 6.01 Å². The minimum Gasteiger partial charge on any atom is -0.462 e. The molecule has 0 spiro atoms. The highest BCUT2D eigenvalue weighted by atomic mass is 16.5. The Kier molecular flexibility index (Phi) is 7.82. The molecule has 1 saturated heterocycles. The number of hydrogen-bond donors (Lipinski definition) is 2. The van der Waals surface area contributed by atoms with Crippen LogP contribution in [0, 0.1) is 12.8 Å². The molecule has 1 fully saturated rings. The van der Waals surface area contributed by atoms with Gasteiger partial charge in [0, 0.05) is 31.7 Å². The van der Waals surface area contributed by atoms with Gasteiger partial charge >= 0.3 is 6.01 Å². The van der Waals surface area contributed by atoms with Crippen molar-refractivity contribution in [1.29, 1.82) is 0 Å². The first-order chi connectivity index (χ1) is 16.4. The number of anilines is 2. The van der Waals surface area contributed by atoms with Crippen LogP contribution in [0.2, 0.25) is 0 Å². The highest BCUT2D eigenvalue weighted by molar-refractivity contribution is 5.60. The Morgan fingerprint density at radius 3 is 2.71 bits per heavy atom. The molecule has 3 N–H and O–H groups in total. The molecule has 3 aromatic heterocycles. The number of imidazole rings is 1. The number of aromatic nitrogens is 5. The number of unbranched alkanes of at least 4 members (excludes halogenated alkanes) is 1. The van der Waals surface area contributed by atoms with E-state index in [2.05, 4.69) is 59.0 Å². The maximum atomic E-state index is 6.10. The van der Waals surface area contributed by atoms with Crippen LogP contribution in [-0.2, 0) is 6.42 Å². The average molecular weight is 467 g/mol. The molecule has 0 radical (unpaired) electrons. The molecule has 4 rings (SSSR count). The van der Waals surface area contributed by atoms with Crippen molar-refractivity contribution in [2.75, 3.05) is 36.9 Å². The first-order valence-corrected chi connectivity index (χ1v) is 12.5. The fourth-order valence-electron chi connectivity index (χ4n) is 4.38. The number of rotatable bonds is 10. The molecule has 9 nitrogen and oxygen atoms in total. The number of nitrogens with one attached hydrogen (secondary N) is 1. The smallest absolute Gasteiger partial charge is 0.336 e. The number of fused-ring (bicyclic) bond motifs is 1.